The van der Waals surface area contributed by atoms with Crippen LogP contribution < -0.4 is 10.6 Å². The Bertz CT molecular complexity index is 821. The monoisotopic (exact) mass is 432 g/mol. The van der Waals surface area contributed by atoms with E-state index < -0.39 is 11.2 Å². The standard InChI is InChI=1S/C19H20Cl3FN2O2/c1-19(2,10-26)9-24-17(27)6-11-5-13(3-4-16(11)23)25-18-14(21)7-12(20)8-15(18)22/h3-5,7-8,25-26H,6,9-10H2,1-2H3,(H,24,27). The van der Waals surface area contributed by atoms with Crippen LogP contribution in [0.3, 0.4) is 0 Å². The number of benzene rings is 2. The molecule has 0 saturated carbocycles. The Morgan fingerprint density at radius 1 is 1.15 bits per heavy atom. The van der Waals surface area contributed by atoms with Crippen molar-refractivity contribution >= 4 is 52.1 Å². The van der Waals surface area contributed by atoms with E-state index in [-0.39, 0.29) is 31.0 Å². The van der Waals surface area contributed by atoms with Crippen LogP contribution in [0.4, 0.5) is 15.8 Å². The minimum atomic E-state index is -0.495. The highest BCUT2D eigenvalue weighted by Gasteiger charge is 2.18. The highest BCUT2D eigenvalue weighted by atomic mass is 35.5. The maximum absolute atomic E-state index is 14.1. The molecule has 1 amide bonds. The Kier molecular flexibility index (Phi) is 7.34. The molecule has 8 heteroatoms. The second-order valence-corrected chi connectivity index (χ2v) is 8.20. The van der Waals surface area contributed by atoms with Gasteiger partial charge in [0.15, 0.2) is 0 Å². The number of rotatable bonds is 7. The number of carbonyl (C=O) groups excluding carboxylic acids is 1. The molecule has 0 aliphatic carbocycles. The smallest absolute Gasteiger partial charge is 0.224 e. The lowest BCUT2D eigenvalue weighted by molar-refractivity contribution is -0.121. The Balaban J connectivity index is 2.13. The lowest BCUT2D eigenvalue weighted by Gasteiger charge is -2.21. The number of amides is 1. The maximum atomic E-state index is 14.1. The van der Waals surface area contributed by atoms with E-state index in [9.17, 15) is 14.3 Å². The first-order chi connectivity index (χ1) is 12.6. The third-order valence-electron chi connectivity index (χ3n) is 3.87. The second kappa shape index (κ2) is 9.11. The summed E-state index contributed by atoms with van der Waals surface area (Å²) < 4.78 is 14.1. The van der Waals surface area contributed by atoms with E-state index in [0.29, 0.717) is 26.4 Å². The van der Waals surface area contributed by atoms with Crippen LogP contribution in [-0.2, 0) is 11.2 Å². The molecule has 0 radical (unpaired) electrons. The second-order valence-electron chi connectivity index (χ2n) is 6.95. The fourth-order valence-electron chi connectivity index (χ4n) is 2.22. The summed E-state index contributed by atoms with van der Waals surface area (Å²) in [7, 11) is 0. The molecule has 0 spiro atoms. The number of carbonyl (C=O) groups is 1. The summed E-state index contributed by atoms with van der Waals surface area (Å²) in [5, 5.41) is 16.0. The fourth-order valence-corrected chi connectivity index (χ4v) is 3.13. The molecule has 0 unspecified atom stereocenters. The lowest BCUT2D eigenvalue weighted by Crippen LogP contribution is -2.36. The molecular formula is C19H20Cl3FN2O2. The van der Waals surface area contributed by atoms with E-state index in [2.05, 4.69) is 10.6 Å². The molecule has 27 heavy (non-hydrogen) atoms. The van der Waals surface area contributed by atoms with Gasteiger partial charge in [-0.05, 0) is 35.9 Å². The topological polar surface area (TPSA) is 61.4 Å². The third-order valence-corrected chi connectivity index (χ3v) is 4.68. The molecule has 4 nitrogen and oxygen atoms in total. The van der Waals surface area contributed by atoms with Gasteiger partial charge in [-0.1, -0.05) is 48.7 Å². The summed E-state index contributed by atoms with van der Waals surface area (Å²) in [6.07, 6.45) is -0.134. The largest absolute Gasteiger partial charge is 0.396 e. The van der Waals surface area contributed by atoms with E-state index in [4.69, 9.17) is 34.8 Å². The number of hydrogen-bond donors (Lipinski definition) is 3. The molecule has 2 rings (SSSR count). The Morgan fingerprint density at radius 3 is 2.37 bits per heavy atom. The molecule has 0 aliphatic rings. The number of halogens is 4. The molecule has 3 N–H and O–H groups in total. The van der Waals surface area contributed by atoms with Crippen molar-refractivity contribution in [2.45, 2.75) is 20.3 Å². The van der Waals surface area contributed by atoms with Crippen LogP contribution >= 0.6 is 34.8 Å². The number of aliphatic hydroxyl groups excluding tert-OH is 1. The summed E-state index contributed by atoms with van der Waals surface area (Å²) >= 11 is 18.2. The minimum absolute atomic E-state index is 0.0658. The van der Waals surface area contributed by atoms with Crippen LogP contribution in [-0.4, -0.2) is 24.2 Å². The Morgan fingerprint density at radius 2 is 1.78 bits per heavy atom. The molecule has 2 aromatic carbocycles. The number of aliphatic hydroxyl groups is 1. The van der Waals surface area contributed by atoms with Crippen LogP contribution in [0.5, 0.6) is 0 Å². The predicted molar refractivity (Wildman–Crippen MR) is 109 cm³/mol. The van der Waals surface area contributed by atoms with Gasteiger partial charge < -0.3 is 15.7 Å². The molecular weight excluding hydrogens is 414 g/mol. The SMILES string of the molecule is CC(C)(CO)CNC(=O)Cc1cc(Nc2c(Cl)cc(Cl)cc2Cl)ccc1F. The van der Waals surface area contributed by atoms with Gasteiger partial charge in [0.25, 0.3) is 0 Å². The molecule has 0 aliphatic heterocycles. The van der Waals surface area contributed by atoms with Gasteiger partial charge in [-0.3, -0.25) is 4.79 Å². The summed E-state index contributed by atoms with van der Waals surface area (Å²) in [6, 6.07) is 7.39. The zero-order valence-corrected chi connectivity index (χ0v) is 17.1. The van der Waals surface area contributed by atoms with Crippen molar-refractivity contribution in [1.82, 2.24) is 5.32 Å². The zero-order chi connectivity index (χ0) is 20.2. The van der Waals surface area contributed by atoms with E-state index in [1.165, 1.54) is 30.3 Å². The van der Waals surface area contributed by atoms with Crippen molar-refractivity contribution in [3.63, 3.8) is 0 Å². The summed E-state index contributed by atoms with van der Waals surface area (Å²) in [5.74, 6) is -0.833. The van der Waals surface area contributed by atoms with Gasteiger partial charge >= 0.3 is 0 Å². The van der Waals surface area contributed by atoms with Crippen molar-refractivity contribution in [3.05, 3.63) is 56.8 Å². The van der Waals surface area contributed by atoms with Crippen LogP contribution in [0.15, 0.2) is 30.3 Å². The molecule has 0 saturated heterocycles. The lowest BCUT2D eigenvalue weighted by atomic mass is 9.95. The van der Waals surface area contributed by atoms with E-state index >= 15 is 0 Å². The van der Waals surface area contributed by atoms with Crippen LogP contribution in [0.1, 0.15) is 19.4 Å². The number of nitrogens with one attached hydrogen (secondary N) is 2. The first-order valence-corrected chi connectivity index (χ1v) is 9.32. The molecule has 0 atom stereocenters. The van der Waals surface area contributed by atoms with Crippen molar-refractivity contribution < 1.29 is 14.3 Å². The predicted octanol–water partition coefficient (Wildman–Crippen LogP) is 5.21. The quantitative estimate of drug-likeness (QED) is 0.562. The van der Waals surface area contributed by atoms with Gasteiger partial charge in [0.05, 0.1) is 22.2 Å². The Hall–Kier alpha value is -1.53. The van der Waals surface area contributed by atoms with Gasteiger partial charge in [0.1, 0.15) is 5.82 Å². The van der Waals surface area contributed by atoms with Gasteiger partial charge in [-0.2, -0.15) is 0 Å². The summed E-state index contributed by atoms with van der Waals surface area (Å²) in [6.45, 7) is 3.86. The normalized spacial score (nSPS) is 11.4. The maximum Gasteiger partial charge on any atom is 0.224 e. The number of anilines is 2. The van der Waals surface area contributed by atoms with Gasteiger partial charge in [-0.15, -0.1) is 0 Å². The van der Waals surface area contributed by atoms with Crippen LogP contribution in [0, 0.1) is 11.2 Å². The van der Waals surface area contributed by atoms with Crippen LogP contribution in [0.25, 0.3) is 0 Å². The minimum Gasteiger partial charge on any atom is -0.396 e. The van der Waals surface area contributed by atoms with Gasteiger partial charge in [-0.25, -0.2) is 4.39 Å². The van der Waals surface area contributed by atoms with E-state index in [0.717, 1.165) is 0 Å². The zero-order valence-electron chi connectivity index (χ0n) is 14.9. The van der Waals surface area contributed by atoms with Gasteiger partial charge in [0.2, 0.25) is 5.91 Å². The highest BCUT2D eigenvalue weighted by molar-refractivity contribution is 6.41. The Labute approximate surface area is 172 Å². The van der Waals surface area contributed by atoms with E-state index in [1.807, 2.05) is 13.8 Å². The summed E-state index contributed by atoms with van der Waals surface area (Å²) in [4.78, 5) is 12.1. The van der Waals surface area contributed by atoms with Crippen LogP contribution in [0.2, 0.25) is 15.1 Å². The van der Waals surface area contributed by atoms with Crippen molar-refractivity contribution in [3.8, 4) is 0 Å². The average molecular weight is 434 g/mol. The summed E-state index contributed by atoms with van der Waals surface area (Å²) in [5.41, 5.74) is 0.746. The fraction of sp³-hybridized carbons (Fsp3) is 0.316. The molecule has 0 bridgehead atoms. The van der Waals surface area contributed by atoms with Crippen molar-refractivity contribution in [1.29, 1.82) is 0 Å². The molecule has 0 aromatic heterocycles. The first kappa shape index (κ1) is 21.8. The molecule has 146 valence electrons. The van der Waals surface area contributed by atoms with Crippen molar-refractivity contribution in [2.24, 2.45) is 5.41 Å². The molecule has 0 fully saturated rings. The van der Waals surface area contributed by atoms with Crippen molar-refractivity contribution in [2.75, 3.05) is 18.5 Å². The highest BCUT2D eigenvalue weighted by Crippen LogP contribution is 2.36. The third kappa shape index (κ3) is 6.25. The number of hydrogen-bond acceptors (Lipinski definition) is 3. The van der Waals surface area contributed by atoms with E-state index in [1.54, 1.807) is 0 Å². The first-order valence-electron chi connectivity index (χ1n) is 8.19. The van der Waals surface area contributed by atoms with Gasteiger partial charge in [0, 0.05) is 29.3 Å². The average Bonchev–Trinajstić information content (AvgIpc) is 2.59. The molecule has 2 aromatic rings. The molecule has 0 heterocycles.